The Morgan fingerprint density at radius 3 is 2.92 bits per heavy atom. The molecule has 0 aliphatic carbocycles. The van der Waals surface area contributed by atoms with Crippen molar-refractivity contribution in [2.45, 2.75) is 26.3 Å². The highest BCUT2D eigenvalue weighted by molar-refractivity contribution is 8.14. The number of aliphatic imine (C=N–C) groups is 1. The Morgan fingerprint density at radius 1 is 1.33 bits per heavy atom. The standard InChI is InChI=1S/C18H20N2O2S2/c1-3-22-16-9-5-4-8-15(16)19-18-20(13(2)12-24-18)17(21)11-14-7-6-10-23-14/h4-10,13H,3,11-12H2,1-2H3. The molecule has 126 valence electrons. The van der Waals surface area contributed by atoms with E-state index in [0.29, 0.717) is 13.0 Å². The lowest BCUT2D eigenvalue weighted by Crippen LogP contribution is -2.38. The second-order valence-electron chi connectivity index (χ2n) is 5.48. The predicted octanol–water partition coefficient (Wildman–Crippen LogP) is 4.34. The number of amidine groups is 1. The zero-order chi connectivity index (χ0) is 16.9. The summed E-state index contributed by atoms with van der Waals surface area (Å²) in [6.07, 6.45) is 0.425. The zero-order valence-electron chi connectivity index (χ0n) is 13.8. The molecule has 1 saturated heterocycles. The number of benzene rings is 1. The van der Waals surface area contributed by atoms with Gasteiger partial charge in [0, 0.05) is 16.7 Å². The largest absolute Gasteiger partial charge is 0.492 e. The number of thiophene rings is 1. The number of amides is 1. The SMILES string of the molecule is CCOc1ccccc1N=C1SCC(C)N1C(=O)Cc1cccs1. The molecule has 1 aliphatic rings. The summed E-state index contributed by atoms with van der Waals surface area (Å²) in [5, 5.41) is 2.76. The number of thioether (sulfide) groups is 1. The quantitative estimate of drug-likeness (QED) is 0.796. The van der Waals surface area contributed by atoms with Crippen molar-refractivity contribution in [3.05, 3.63) is 46.7 Å². The molecule has 1 fully saturated rings. The molecule has 24 heavy (non-hydrogen) atoms. The molecule has 4 nitrogen and oxygen atoms in total. The molecule has 0 saturated carbocycles. The van der Waals surface area contributed by atoms with Crippen LogP contribution in [-0.2, 0) is 11.2 Å². The summed E-state index contributed by atoms with van der Waals surface area (Å²) in [4.78, 5) is 20.4. The molecule has 0 bridgehead atoms. The third kappa shape index (κ3) is 3.82. The average molecular weight is 361 g/mol. The van der Waals surface area contributed by atoms with Gasteiger partial charge in [0.1, 0.15) is 11.4 Å². The van der Waals surface area contributed by atoms with Crippen molar-refractivity contribution in [1.82, 2.24) is 4.90 Å². The number of hydrogen-bond acceptors (Lipinski definition) is 5. The maximum Gasteiger partial charge on any atom is 0.234 e. The maximum atomic E-state index is 12.7. The Bertz CT molecular complexity index is 728. The minimum Gasteiger partial charge on any atom is -0.492 e. The van der Waals surface area contributed by atoms with Crippen molar-refractivity contribution in [2.75, 3.05) is 12.4 Å². The fraction of sp³-hybridized carbons (Fsp3) is 0.333. The number of para-hydroxylation sites is 2. The summed E-state index contributed by atoms with van der Waals surface area (Å²) in [6, 6.07) is 11.8. The van der Waals surface area contributed by atoms with Crippen LogP contribution in [0.25, 0.3) is 0 Å². The Hall–Kier alpha value is -1.79. The summed E-state index contributed by atoms with van der Waals surface area (Å²) in [5.41, 5.74) is 0.768. The molecule has 2 aromatic rings. The van der Waals surface area contributed by atoms with Crippen molar-refractivity contribution in [3.63, 3.8) is 0 Å². The molecular formula is C18H20N2O2S2. The van der Waals surface area contributed by atoms with Gasteiger partial charge in [-0.1, -0.05) is 30.0 Å². The molecule has 1 unspecified atom stereocenters. The third-order valence-electron chi connectivity index (χ3n) is 3.66. The molecule has 1 amide bonds. The van der Waals surface area contributed by atoms with Gasteiger partial charge >= 0.3 is 0 Å². The number of carbonyl (C=O) groups excluding carboxylic acids is 1. The summed E-state index contributed by atoms with van der Waals surface area (Å²) in [7, 11) is 0. The van der Waals surface area contributed by atoms with Gasteiger partial charge in [-0.05, 0) is 37.4 Å². The minimum atomic E-state index is 0.0996. The molecule has 0 radical (unpaired) electrons. The highest BCUT2D eigenvalue weighted by atomic mass is 32.2. The van der Waals surface area contributed by atoms with Crippen LogP contribution in [0, 0.1) is 0 Å². The first-order valence-corrected chi connectivity index (χ1v) is 9.83. The lowest BCUT2D eigenvalue weighted by Gasteiger charge is -2.21. The van der Waals surface area contributed by atoms with Gasteiger partial charge in [0.25, 0.3) is 0 Å². The summed E-state index contributed by atoms with van der Waals surface area (Å²) in [6.45, 7) is 4.61. The van der Waals surface area contributed by atoms with E-state index in [1.54, 1.807) is 23.1 Å². The van der Waals surface area contributed by atoms with Crippen molar-refractivity contribution in [3.8, 4) is 5.75 Å². The van der Waals surface area contributed by atoms with Crippen LogP contribution in [0.3, 0.4) is 0 Å². The smallest absolute Gasteiger partial charge is 0.234 e. The first-order chi connectivity index (χ1) is 11.7. The maximum absolute atomic E-state index is 12.7. The molecule has 1 aromatic carbocycles. The number of carbonyl (C=O) groups is 1. The first kappa shape index (κ1) is 17.0. The molecule has 1 aromatic heterocycles. The van der Waals surface area contributed by atoms with Gasteiger partial charge in [0.15, 0.2) is 5.17 Å². The van der Waals surface area contributed by atoms with E-state index in [9.17, 15) is 4.79 Å². The number of ether oxygens (including phenoxy) is 1. The van der Waals surface area contributed by atoms with Gasteiger partial charge in [0.05, 0.1) is 13.0 Å². The highest BCUT2D eigenvalue weighted by Gasteiger charge is 2.32. The third-order valence-corrected chi connectivity index (χ3v) is 5.73. The van der Waals surface area contributed by atoms with Crippen LogP contribution in [0.2, 0.25) is 0 Å². The highest BCUT2D eigenvalue weighted by Crippen LogP contribution is 2.32. The fourth-order valence-corrected chi connectivity index (χ4v) is 4.36. The Morgan fingerprint density at radius 2 is 2.17 bits per heavy atom. The van der Waals surface area contributed by atoms with E-state index in [1.165, 1.54) is 0 Å². The van der Waals surface area contributed by atoms with Crippen LogP contribution < -0.4 is 4.74 Å². The van der Waals surface area contributed by atoms with Gasteiger partial charge in [-0.25, -0.2) is 4.99 Å². The number of hydrogen-bond donors (Lipinski definition) is 0. The van der Waals surface area contributed by atoms with Crippen LogP contribution in [0.15, 0.2) is 46.8 Å². The average Bonchev–Trinajstić information content (AvgIpc) is 3.19. The van der Waals surface area contributed by atoms with Crippen LogP contribution in [0.5, 0.6) is 5.75 Å². The first-order valence-electron chi connectivity index (χ1n) is 7.96. The van der Waals surface area contributed by atoms with Gasteiger partial charge in [-0.15, -0.1) is 11.3 Å². The van der Waals surface area contributed by atoms with Crippen LogP contribution in [-0.4, -0.2) is 34.4 Å². The summed E-state index contributed by atoms with van der Waals surface area (Å²) < 4.78 is 5.64. The molecular weight excluding hydrogens is 340 g/mol. The number of rotatable bonds is 5. The minimum absolute atomic E-state index is 0.0996. The van der Waals surface area contributed by atoms with Crippen molar-refractivity contribution >= 4 is 39.9 Å². The lowest BCUT2D eigenvalue weighted by atomic mass is 10.2. The van der Waals surface area contributed by atoms with E-state index >= 15 is 0 Å². The molecule has 1 aliphatic heterocycles. The van der Waals surface area contributed by atoms with Gasteiger partial charge < -0.3 is 4.74 Å². The monoisotopic (exact) mass is 360 g/mol. The van der Waals surface area contributed by atoms with E-state index in [4.69, 9.17) is 9.73 Å². The van der Waals surface area contributed by atoms with Crippen molar-refractivity contribution in [1.29, 1.82) is 0 Å². The summed E-state index contributed by atoms with van der Waals surface area (Å²) >= 11 is 3.24. The molecule has 1 atom stereocenters. The second-order valence-corrected chi connectivity index (χ2v) is 7.49. The molecule has 0 spiro atoms. The molecule has 0 N–H and O–H groups in total. The van der Waals surface area contributed by atoms with Gasteiger partial charge in [-0.3, -0.25) is 9.69 Å². The number of nitrogens with zero attached hydrogens (tertiary/aromatic N) is 2. The Balaban J connectivity index is 1.85. The van der Waals surface area contributed by atoms with E-state index < -0.39 is 0 Å². The molecule has 2 heterocycles. The Labute approximate surface area is 150 Å². The Kier molecular flexibility index (Phi) is 5.58. The summed E-state index contributed by atoms with van der Waals surface area (Å²) in [5.74, 6) is 1.71. The van der Waals surface area contributed by atoms with Crippen LogP contribution >= 0.6 is 23.1 Å². The molecule has 3 rings (SSSR count). The lowest BCUT2D eigenvalue weighted by molar-refractivity contribution is -0.127. The van der Waals surface area contributed by atoms with E-state index in [1.807, 2.05) is 53.6 Å². The van der Waals surface area contributed by atoms with E-state index in [2.05, 4.69) is 6.92 Å². The van der Waals surface area contributed by atoms with E-state index in [-0.39, 0.29) is 11.9 Å². The predicted molar refractivity (Wildman–Crippen MR) is 101 cm³/mol. The van der Waals surface area contributed by atoms with Crippen LogP contribution in [0.1, 0.15) is 18.7 Å². The normalized spacial score (nSPS) is 19.0. The van der Waals surface area contributed by atoms with Crippen molar-refractivity contribution in [2.24, 2.45) is 4.99 Å². The van der Waals surface area contributed by atoms with E-state index in [0.717, 1.165) is 27.2 Å². The fourth-order valence-electron chi connectivity index (χ4n) is 2.54. The van der Waals surface area contributed by atoms with Gasteiger partial charge in [0.2, 0.25) is 5.91 Å². The zero-order valence-corrected chi connectivity index (χ0v) is 15.4. The van der Waals surface area contributed by atoms with Crippen LogP contribution in [0.4, 0.5) is 5.69 Å². The van der Waals surface area contributed by atoms with Gasteiger partial charge in [-0.2, -0.15) is 0 Å². The topological polar surface area (TPSA) is 41.9 Å². The van der Waals surface area contributed by atoms with Crippen molar-refractivity contribution < 1.29 is 9.53 Å². The molecule has 6 heteroatoms. The second kappa shape index (κ2) is 7.85.